The molecule has 8 aliphatic rings. The van der Waals surface area contributed by atoms with E-state index in [4.69, 9.17) is 0 Å². The van der Waals surface area contributed by atoms with Crippen molar-refractivity contribution in [1.82, 2.24) is 9.13 Å². The summed E-state index contributed by atoms with van der Waals surface area (Å²) in [5.41, 5.74) is 59.4. The maximum absolute atomic E-state index is 2.40. The molecule has 0 amide bonds. The Morgan fingerprint density at radius 2 is 0.417 bits per heavy atom. The Bertz CT molecular complexity index is 9040. The highest BCUT2D eigenvalue weighted by molar-refractivity contribution is 6.12. The topological polar surface area (TPSA) is 9.86 Å². The van der Waals surface area contributed by atoms with Crippen LogP contribution in [0.1, 0.15) is 122 Å². The van der Waals surface area contributed by atoms with Crippen molar-refractivity contribution in [3.8, 4) is 100 Å². The molecule has 2 aromatic heterocycles. The molecular formula is C142H102N2. The molecule has 4 spiro atoms. The van der Waals surface area contributed by atoms with E-state index >= 15 is 0 Å². The van der Waals surface area contributed by atoms with E-state index < -0.39 is 0 Å². The highest BCUT2D eigenvalue weighted by Crippen LogP contribution is 2.68. The summed E-state index contributed by atoms with van der Waals surface area (Å²) in [5, 5.41) is 5.32. The SMILES string of the molecule is Cc1ccc2c(c1)-c1ccccc1C21c2ccccc2-c2ccccc21.Cc1ccc2c(c1)C1(c3ccccc3-c3ccccc31)c1ccccc1-2.Cc1ccc2c(c1)c1ccccc1n2-c1ccccc1.Cc1cccc2c1-c1ccccc1C21c2ccccc2-c2ccccc21.Cc1cccc2c1C1(c3ccccc3-c3ccccc31)c1ccccc1-2.Cc1cccc2c1c1ccccc1n2-c1ccccc1. The molecule has 144 heavy (non-hydrogen) atoms. The molecule has 0 saturated heterocycles. The zero-order valence-electron chi connectivity index (χ0n) is 81.4. The van der Waals surface area contributed by atoms with Crippen LogP contribution >= 0.6 is 0 Å². The van der Waals surface area contributed by atoms with Crippen LogP contribution < -0.4 is 0 Å². The normalized spacial score (nSPS) is 13.7. The number of aryl methyl sites for hydroxylation is 6. The molecule has 2 nitrogen and oxygen atoms in total. The summed E-state index contributed by atoms with van der Waals surface area (Å²) in [5.74, 6) is 0. The van der Waals surface area contributed by atoms with E-state index in [1.165, 1.54) is 266 Å². The maximum atomic E-state index is 2.40. The standard InChI is InChI=1S/4C26H18.2C19H15N/c1-17-9-8-13-21-20-12-4-7-16-24(20)26(25(17)21)22-14-5-2-10-18(22)19-11-3-6-15-23(19)26;1-17-9-8-16-24-25(17)20-12-4-7-15-23(20)26(24)21-13-5-2-10-18(21)19-11-3-6-14-22(19)26;1-17-14-15-25-21(16-17)20-10-4-7-13-24(20)26(25)22-11-5-2-8-18(22)19-9-3-6-12-23(19)26;1-17-14-15-21-20-10-4-7-13-24(20)26(25(21)16-17)22-11-5-2-8-18(22)19-9-3-6-12-23(19)26;1-14-8-7-13-18-19(14)16-11-5-6-12-17(16)20(18)15-9-3-2-4-10-15;1-14-11-12-19-17(13-14)16-9-5-6-10-18(16)20(19)15-7-3-2-4-8-15/h4*2-16H,1H3;2*2-13H,1H3. The molecule has 0 atom stereocenters. The molecular weight excluding hydrogens is 1730 g/mol. The van der Waals surface area contributed by atoms with Crippen molar-refractivity contribution >= 4 is 43.6 Å². The van der Waals surface area contributed by atoms with Crippen molar-refractivity contribution in [2.24, 2.45) is 0 Å². The molecule has 0 radical (unpaired) electrons. The summed E-state index contributed by atoms with van der Waals surface area (Å²) in [4.78, 5) is 0. The third kappa shape index (κ3) is 12.2. The quantitative estimate of drug-likeness (QED) is 0.163. The van der Waals surface area contributed by atoms with E-state index in [-0.39, 0.29) is 21.7 Å². The lowest BCUT2D eigenvalue weighted by atomic mass is 9.69. The first kappa shape index (κ1) is 85.6. The number of para-hydroxylation sites is 4. The Labute approximate surface area is 842 Å². The second-order valence-corrected chi connectivity index (χ2v) is 40.0. The van der Waals surface area contributed by atoms with E-state index in [0.29, 0.717) is 0 Å². The van der Waals surface area contributed by atoms with Crippen molar-refractivity contribution in [1.29, 1.82) is 0 Å². The fourth-order valence-corrected chi connectivity index (χ4v) is 27.1. The highest BCUT2D eigenvalue weighted by atomic mass is 15.0. The summed E-state index contributed by atoms with van der Waals surface area (Å²) in [6.45, 7) is 13.2. The lowest BCUT2D eigenvalue weighted by Gasteiger charge is -2.31. The molecule has 0 bridgehead atoms. The van der Waals surface area contributed by atoms with Crippen LogP contribution in [0.4, 0.5) is 0 Å². The second kappa shape index (κ2) is 33.6. The minimum absolute atomic E-state index is 0.188. The minimum atomic E-state index is -0.190. The van der Waals surface area contributed by atoms with E-state index in [2.05, 4.69) is 560 Å². The van der Waals surface area contributed by atoms with Gasteiger partial charge >= 0.3 is 0 Å². The molecule has 8 aliphatic carbocycles. The van der Waals surface area contributed by atoms with Crippen LogP contribution in [-0.4, -0.2) is 9.13 Å². The number of nitrogens with zero attached hydrogens (tertiary/aromatic N) is 2. The molecule has 0 N–H and O–H groups in total. The third-order valence-electron chi connectivity index (χ3n) is 32.5. The zero-order chi connectivity index (χ0) is 96.3. The van der Waals surface area contributed by atoms with Gasteiger partial charge in [-0.25, -0.2) is 0 Å². The van der Waals surface area contributed by atoms with Crippen molar-refractivity contribution in [3.05, 3.63) is 632 Å². The summed E-state index contributed by atoms with van der Waals surface area (Å²) in [6, 6.07) is 186. The average Bonchev–Trinajstić information content (AvgIpc) is 1.53. The van der Waals surface area contributed by atoms with Crippen LogP contribution in [0.25, 0.3) is 144 Å². The summed E-state index contributed by atoms with van der Waals surface area (Å²) >= 11 is 0. The fourth-order valence-electron chi connectivity index (χ4n) is 27.1. The largest absolute Gasteiger partial charge is 0.309 e. The van der Waals surface area contributed by atoms with Crippen LogP contribution in [-0.2, 0) is 21.7 Å². The average molecular weight is 1840 g/mol. The molecule has 0 aliphatic heterocycles. The molecule has 32 rings (SSSR count). The number of aromatic nitrogens is 2. The number of rotatable bonds is 2. The van der Waals surface area contributed by atoms with Gasteiger partial charge in [-0.15, -0.1) is 0 Å². The first-order chi connectivity index (χ1) is 71.0. The maximum Gasteiger partial charge on any atom is 0.0728 e. The lowest BCUT2D eigenvalue weighted by molar-refractivity contribution is 0.786. The number of hydrogen-bond donors (Lipinski definition) is 0. The van der Waals surface area contributed by atoms with Gasteiger partial charge in [0.05, 0.1) is 43.7 Å². The van der Waals surface area contributed by atoms with Gasteiger partial charge in [0.15, 0.2) is 0 Å². The van der Waals surface area contributed by atoms with E-state index in [0.717, 1.165) is 0 Å². The molecule has 24 aromatic rings. The van der Waals surface area contributed by atoms with Crippen LogP contribution in [0, 0.1) is 41.5 Å². The second-order valence-electron chi connectivity index (χ2n) is 40.0. The Morgan fingerprint density at radius 3 is 0.882 bits per heavy atom. The molecule has 2 heterocycles. The van der Waals surface area contributed by atoms with Crippen molar-refractivity contribution in [3.63, 3.8) is 0 Å². The van der Waals surface area contributed by atoms with Crippen LogP contribution in [0.3, 0.4) is 0 Å². The van der Waals surface area contributed by atoms with Gasteiger partial charge in [-0.1, -0.05) is 472 Å². The van der Waals surface area contributed by atoms with Gasteiger partial charge in [0.1, 0.15) is 0 Å². The van der Waals surface area contributed by atoms with E-state index in [9.17, 15) is 0 Å². The predicted molar refractivity (Wildman–Crippen MR) is 601 cm³/mol. The van der Waals surface area contributed by atoms with E-state index in [1.54, 1.807) is 0 Å². The van der Waals surface area contributed by atoms with Gasteiger partial charge in [0.2, 0.25) is 0 Å². The molecule has 0 fully saturated rings. The summed E-state index contributed by atoms with van der Waals surface area (Å²) in [6.07, 6.45) is 0. The van der Waals surface area contributed by atoms with Crippen LogP contribution in [0.5, 0.6) is 0 Å². The number of benzene rings is 22. The van der Waals surface area contributed by atoms with Crippen molar-refractivity contribution in [2.75, 3.05) is 0 Å². The van der Waals surface area contributed by atoms with Crippen molar-refractivity contribution < 1.29 is 0 Å². The Kier molecular flexibility index (Phi) is 20.0. The summed E-state index contributed by atoms with van der Waals surface area (Å²) < 4.78 is 4.68. The Morgan fingerprint density at radius 1 is 0.146 bits per heavy atom. The zero-order valence-corrected chi connectivity index (χ0v) is 81.4. The van der Waals surface area contributed by atoms with Crippen molar-refractivity contribution in [2.45, 2.75) is 63.2 Å². The van der Waals surface area contributed by atoms with Gasteiger partial charge in [-0.05, 0) is 291 Å². The molecule has 22 aromatic carbocycles. The molecule has 0 saturated carbocycles. The number of hydrogen-bond acceptors (Lipinski definition) is 0. The third-order valence-corrected chi connectivity index (χ3v) is 32.5. The fraction of sp³-hybridized carbons (Fsp3) is 0.0704. The molecule has 680 valence electrons. The van der Waals surface area contributed by atoms with Gasteiger partial charge in [-0.3, -0.25) is 0 Å². The smallest absolute Gasteiger partial charge is 0.0728 e. The predicted octanol–water partition coefficient (Wildman–Crippen LogP) is 35.5. The number of fused-ring (bicyclic) bond motifs is 46. The monoisotopic (exact) mass is 1830 g/mol. The van der Waals surface area contributed by atoms with Gasteiger partial charge in [0.25, 0.3) is 0 Å². The minimum Gasteiger partial charge on any atom is -0.309 e. The highest BCUT2D eigenvalue weighted by Gasteiger charge is 2.56. The van der Waals surface area contributed by atoms with Crippen LogP contribution in [0.15, 0.2) is 510 Å². The van der Waals surface area contributed by atoms with Crippen LogP contribution in [0.2, 0.25) is 0 Å². The first-order valence-electron chi connectivity index (χ1n) is 50.7. The van der Waals surface area contributed by atoms with E-state index in [1.807, 2.05) is 0 Å². The first-order valence-corrected chi connectivity index (χ1v) is 50.7. The van der Waals surface area contributed by atoms with Gasteiger partial charge < -0.3 is 9.13 Å². The Hall–Kier alpha value is -17.6. The van der Waals surface area contributed by atoms with Gasteiger partial charge in [0, 0.05) is 32.9 Å². The van der Waals surface area contributed by atoms with Gasteiger partial charge in [-0.2, -0.15) is 0 Å². The summed E-state index contributed by atoms with van der Waals surface area (Å²) in [7, 11) is 0. The molecule has 0 unspecified atom stereocenters. The lowest BCUT2D eigenvalue weighted by Crippen LogP contribution is -2.26. The Balaban J connectivity index is 0.0000000863. The molecule has 2 heteroatoms.